The first-order chi connectivity index (χ1) is 30.7. The molecule has 338 valence electrons. The van der Waals surface area contributed by atoms with E-state index in [9.17, 15) is 18.9 Å². The van der Waals surface area contributed by atoms with Gasteiger partial charge in [-0.15, -0.1) is 0 Å². The van der Waals surface area contributed by atoms with Crippen LogP contribution >= 0.6 is 11.8 Å². The SMILES string of the molecule is CC(CN1c2ccccc2Sc2ccccc21)N(C)C.CC[C@@H](c1cccc(O)c1)[C@@H](C)CN(C)C.NC(=O)CS(=O)C(c1ccccc1)c1ccccc1.O=C(O)c1cccnc1. The van der Waals surface area contributed by atoms with Gasteiger partial charge in [0, 0.05) is 52.1 Å². The zero-order valence-corrected chi connectivity index (χ0v) is 39.6. The minimum atomic E-state index is -1.36. The lowest BCUT2D eigenvalue weighted by molar-refractivity contribution is -0.115. The molecule has 0 bridgehead atoms. The van der Waals surface area contributed by atoms with Crippen LogP contribution in [0.15, 0.2) is 168 Å². The van der Waals surface area contributed by atoms with Crippen LogP contribution in [0.25, 0.3) is 0 Å². The first-order valence-corrected chi connectivity index (χ1v) is 23.5. The van der Waals surface area contributed by atoms with Crippen LogP contribution in [0.4, 0.5) is 11.4 Å². The molecule has 7 rings (SSSR count). The number of aromatic nitrogens is 1. The highest BCUT2D eigenvalue weighted by atomic mass is 32.2. The summed E-state index contributed by atoms with van der Waals surface area (Å²) in [5, 5.41) is 17.5. The second-order valence-electron chi connectivity index (χ2n) is 16.0. The van der Waals surface area contributed by atoms with Gasteiger partial charge in [-0.25, -0.2) is 4.79 Å². The number of benzene rings is 5. The van der Waals surface area contributed by atoms with E-state index >= 15 is 0 Å². The molecule has 64 heavy (non-hydrogen) atoms. The minimum Gasteiger partial charge on any atom is -0.508 e. The maximum Gasteiger partial charge on any atom is 0.337 e. The average Bonchev–Trinajstić information content (AvgIpc) is 3.28. The van der Waals surface area contributed by atoms with Crippen molar-refractivity contribution >= 4 is 45.8 Å². The number of carbonyl (C=O) groups excluding carboxylic acids is 1. The van der Waals surface area contributed by atoms with E-state index in [-0.39, 0.29) is 16.6 Å². The molecule has 1 aliphatic heterocycles. The topological polar surface area (TPSA) is 140 Å². The van der Waals surface area contributed by atoms with E-state index in [1.54, 1.807) is 12.1 Å². The summed E-state index contributed by atoms with van der Waals surface area (Å²) in [7, 11) is 7.12. The largest absolute Gasteiger partial charge is 0.508 e. The first-order valence-electron chi connectivity index (χ1n) is 21.3. The fourth-order valence-corrected chi connectivity index (χ4v) is 9.76. The van der Waals surface area contributed by atoms with Crippen molar-refractivity contribution in [1.29, 1.82) is 0 Å². The van der Waals surface area contributed by atoms with Gasteiger partial charge in [-0.05, 0) is 119 Å². The van der Waals surface area contributed by atoms with Crippen LogP contribution in [0.3, 0.4) is 0 Å². The third-order valence-electron chi connectivity index (χ3n) is 10.6. The smallest absolute Gasteiger partial charge is 0.337 e. The van der Waals surface area contributed by atoms with Crippen molar-refractivity contribution < 1.29 is 24.0 Å². The van der Waals surface area contributed by atoms with E-state index in [4.69, 9.17) is 10.8 Å². The van der Waals surface area contributed by atoms with Crippen molar-refractivity contribution in [2.75, 3.05) is 51.9 Å². The zero-order chi connectivity index (χ0) is 46.6. The van der Waals surface area contributed by atoms with Crippen molar-refractivity contribution in [2.24, 2.45) is 11.7 Å². The number of carbonyl (C=O) groups is 2. The third kappa shape index (κ3) is 15.8. The van der Waals surface area contributed by atoms with Crippen molar-refractivity contribution in [3.05, 3.63) is 180 Å². The summed E-state index contributed by atoms with van der Waals surface area (Å²) < 4.78 is 12.4. The van der Waals surface area contributed by atoms with Crippen molar-refractivity contribution in [2.45, 2.75) is 54.2 Å². The molecular weight excluding hydrogens is 839 g/mol. The normalized spacial score (nSPS) is 13.3. The number of phenolic OH excluding ortho intramolecular Hbond substituents is 1. The molecule has 12 heteroatoms. The van der Waals surface area contributed by atoms with Gasteiger partial charge in [0.15, 0.2) is 0 Å². The van der Waals surface area contributed by atoms with Crippen LogP contribution in [0.2, 0.25) is 0 Å². The molecule has 1 amide bonds. The Morgan fingerprint density at radius 2 is 1.28 bits per heavy atom. The number of nitrogens with zero attached hydrogens (tertiary/aromatic N) is 4. The van der Waals surface area contributed by atoms with Gasteiger partial charge in [0.2, 0.25) is 5.91 Å². The molecule has 0 radical (unpaired) electrons. The van der Waals surface area contributed by atoms with Crippen LogP contribution in [0, 0.1) is 5.92 Å². The number of rotatable bonds is 14. The molecule has 0 saturated carbocycles. The van der Waals surface area contributed by atoms with Crippen LogP contribution < -0.4 is 10.6 Å². The number of hydrogen-bond acceptors (Lipinski definition) is 9. The van der Waals surface area contributed by atoms with Crippen LogP contribution in [-0.4, -0.2) is 94.2 Å². The van der Waals surface area contributed by atoms with Gasteiger partial charge >= 0.3 is 5.97 Å². The van der Waals surface area contributed by atoms with Crippen LogP contribution in [0.5, 0.6) is 5.75 Å². The number of carboxylic acid groups (broad SMARTS) is 1. The highest BCUT2D eigenvalue weighted by Gasteiger charge is 2.25. The number of pyridine rings is 1. The van der Waals surface area contributed by atoms with Crippen molar-refractivity contribution in [3.8, 4) is 5.75 Å². The molecule has 0 fully saturated rings. The number of nitrogens with two attached hydrogens (primary N) is 1. The Labute approximate surface area is 386 Å². The molecule has 4 N–H and O–H groups in total. The van der Waals surface area contributed by atoms with E-state index in [0.717, 1.165) is 30.6 Å². The summed E-state index contributed by atoms with van der Waals surface area (Å²) in [4.78, 5) is 34.4. The summed E-state index contributed by atoms with van der Waals surface area (Å²) in [6, 6.07) is 47.6. The Balaban J connectivity index is 0.000000193. The maximum absolute atomic E-state index is 12.4. The van der Waals surface area contributed by atoms with Gasteiger partial charge in [0.05, 0.1) is 22.2 Å². The molecule has 5 aromatic carbocycles. The van der Waals surface area contributed by atoms with Gasteiger partial charge in [-0.1, -0.05) is 123 Å². The number of phenols is 1. The fraction of sp³-hybridized carbons (Fsp3) is 0.288. The van der Waals surface area contributed by atoms with Gasteiger partial charge in [0.1, 0.15) is 11.5 Å². The summed E-state index contributed by atoms with van der Waals surface area (Å²) >= 11 is 1.87. The Hall–Kier alpha value is -5.79. The molecule has 2 heterocycles. The Kier molecular flexibility index (Phi) is 20.7. The van der Waals surface area contributed by atoms with E-state index < -0.39 is 22.7 Å². The summed E-state index contributed by atoms with van der Waals surface area (Å²) in [6.07, 6.45) is 3.95. The minimum absolute atomic E-state index is 0.131. The van der Waals surface area contributed by atoms with Crippen molar-refractivity contribution in [3.63, 3.8) is 0 Å². The Morgan fingerprint density at radius 3 is 1.72 bits per heavy atom. The summed E-state index contributed by atoms with van der Waals surface area (Å²) in [5.74, 6) is -0.128. The molecule has 0 spiro atoms. The number of amides is 1. The predicted molar refractivity (Wildman–Crippen MR) is 264 cm³/mol. The second-order valence-corrected chi connectivity index (χ2v) is 18.7. The summed E-state index contributed by atoms with van der Waals surface area (Å²) in [5.41, 5.74) is 11.1. The lowest BCUT2D eigenvalue weighted by Gasteiger charge is -2.36. The number of anilines is 2. The van der Waals surface area contributed by atoms with Gasteiger partial charge in [0.25, 0.3) is 0 Å². The predicted octanol–water partition coefficient (Wildman–Crippen LogP) is 10.1. The van der Waals surface area contributed by atoms with Crippen LogP contribution in [0.1, 0.15) is 65.4 Å². The number of hydrogen-bond donors (Lipinski definition) is 3. The van der Waals surface area contributed by atoms with Gasteiger partial charge < -0.3 is 30.6 Å². The lowest BCUT2D eigenvalue weighted by Crippen LogP contribution is -2.37. The average molecular weight is 902 g/mol. The quantitative estimate of drug-likeness (QED) is 0.0968. The van der Waals surface area contributed by atoms with Crippen LogP contribution in [-0.2, 0) is 15.6 Å². The second kappa shape index (κ2) is 26.1. The highest BCUT2D eigenvalue weighted by Crippen LogP contribution is 2.47. The number of likely N-dealkylation sites (N-methyl/N-ethyl adjacent to an activating group) is 1. The molecule has 10 nitrogen and oxygen atoms in total. The molecular formula is C52H63N5O5S2. The number of aromatic carboxylic acids is 1. The summed E-state index contributed by atoms with van der Waals surface area (Å²) in [6.45, 7) is 8.84. The number of para-hydroxylation sites is 2. The number of primary amides is 1. The fourth-order valence-electron chi connectivity index (χ4n) is 7.30. The number of carboxylic acids is 1. The first kappa shape index (κ1) is 50.9. The molecule has 0 saturated heterocycles. The van der Waals surface area contributed by atoms with E-state index in [1.165, 1.54) is 45.2 Å². The zero-order valence-electron chi connectivity index (χ0n) is 38.0. The Morgan fingerprint density at radius 1 is 0.750 bits per heavy atom. The third-order valence-corrected chi connectivity index (χ3v) is 13.4. The van der Waals surface area contributed by atoms with E-state index in [0.29, 0.717) is 23.6 Å². The maximum atomic E-state index is 12.4. The van der Waals surface area contributed by atoms with Gasteiger partial charge in [-0.3, -0.25) is 14.0 Å². The molecule has 1 aromatic heterocycles. The lowest BCUT2D eigenvalue weighted by atomic mass is 9.85. The van der Waals surface area contributed by atoms with E-state index in [1.807, 2.05) is 84.6 Å². The molecule has 2 unspecified atom stereocenters. The van der Waals surface area contributed by atoms with Gasteiger partial charge in [-0.2, -0.15) is 0 Å². The van der Waals surface area contributed by atoms with Crippen molar-refractivity contribution in [1.82, 2.24) is 14.8 Å². The number of aromatic hydroxyl groups is 1. The Bertz CT molecular complexity index is 2270. The highest BCUT2D eigenvalue weighted by molar-refractivity contribution is 7.99. The molecule has 0 aliphatic carbocycles. The number of fused-ring (bicyclic) bond motifs is 2. The monoisotopic (exact) mass is 901 g/mol. The molecule has 4 atom stereocenters. The van der Waals surface area contributed by atoms with E-state index in [2.05, 4.69) is 123 Å². The molecule has 1 aliphatic rings. The standard InChI is InChI=1S/C17H20N2S.C15H15NO2S.C14H23NO.C6H5NO2/c1-13(18(2)3)12-19-14-8-4-6-10-16(14)20-17-11-7-5-9-15(17)19;16-14(17)11-19(18)15(12-7-3-1-4-8-12)13-9-5-2-6-10-13;1-5-14(11(2)10-15(3)4)12-7-6-8-13(16)9-12;8-6(9)5-2-1-3-7-4-5/h4-11,13H,12H2,1-3H3;1-10,15H,11H2,(H2,16,17);6-9,11,14,16H,5,10H2,1-4H3;1-4H,(H,8,9)/t;;11-,14+;/m..0./s1. The molecule has 6 aromatic rings.